The zero-order chi connectivity index (χ0) is 19.3. The third-order valence-corrected chi connectivity index (χ3v) is 5.76. The topological polar surface area (TPSA) is 75.4 Å². The summed E-state index contributed by atoms with van der Waals surface area (Å²) in [6.07, 6.45) is 5.03. The van der Waals surface area contributed by atoms with E-state index in [9.17, 15) is 9.59 Å². The summed E-state index contributed by atoms with van der Waals surface area (Å²) >= 11 is 1.58. The minimum Gasteiger partial charge on any atom is -0.467 e. The summed E-state index contributed by atoms with van der Waals surface area (Å²) in [5, 5.41) is 2.81. The van der Waals surface area contributed by atoms with Crippen LogP contribution >= 0.6 is 11.8 Å². The summed E-state index contributed by atoms with van der Waals surface area (Å²) in [5.74, 6) is 1.15. The fourth-order valence-corrected chi connectivity index (χ4v) is 4.25. The van der Waals surface area contributed by atoms with Crippen molar-refractivity contribution in [3.8, 4) is 0 Å². The standard InChI is InChI=1S/C21H19N3O3S/c25-19-14-28-21(24(19)13-18-4-2-10-27-18)17-7-5-16(6-8-17)20(26)23-12-15-3-1-9-22-11-15/h1-11,21H,12-14H2,(H,23,26)/t21-/m1/s1. The van der Waals surface area contributed by atoms with Crippen LogP contribution in [0.2, 0.25) is 0 Å². The molecule has 1 aromatic carbocycles. The van der Waals surface area contributed by atoms with Crippen LogP contribution in [0.15, 0.2) is 71.6 Å². The van der Waals surface area contributed by atoms with Crippen LogP contribution in [0.4, 0.5) is 0 Å². The molecular weight excluding hydrogens is 374 g/mol. The van der Waals surface area contributed by atoms with Crippen molar-refractivity contribution in [3.05, 3.63) is 89.6 Å². The van der Waals surface area contributed by atoms with E-state index >= 15 is 0 Å². The van der Waals surface area contributed by atoms with Crippen molar-refractivity contribution >= 4 is 23.6 Å². The highest BCUT2D eigenvalue weighted by atomic mass is 32.2. The minimum atomic E-state index is -0.141. The van der Waals surface area contributed by atoms with Gasteiger partial charge in [-0.25, -0.2) is 0 Å². The van der Waals surface area contributed by atoms with Crippen molar-refractivity contribution in [2.75, 3.05) is 5.75 Å². The Morgan fingerprint density at radius 1 is 1.21 bits per heavy atom. The molecule has 3 heterocycles. The van der Waals surface area contributed by atoms with Gasteiger partial charge in [-0.05, 0) is 41.5 Å². The number of nitrogens with one attached hydrogen (secondary N) is 1. The second-order valence-electron chi connectivity index (χ2n) is 6.43. The molecule has 3 aromatic rings. The summed E-state index contributed by atoms with van der Waals surface area (Å²) < 4.78 is 5.38. The smallest absolute Gasteiger partial charge is 0.251 e. The predicted octanol–water partition coefficient (Wildman–Crippen LogP) is 3.38. The van der Waals surface area contributed by atoms with Gasteiger partial charge in [0.25, 0.3) is 5.91 Å². The first-order valence-corrected chi connectivity index (χ1v) is 9.96. The zero-order valence-corrected chi connectivity index (χ0v) is 15.9. The van der Waals surface area contributed by atoms with Crippen molar-refractivity contribution in [3.63, 3.8) is 0 Å². The Hall–Kier alpha value is -3.06. The first-order chi connectivity index (χ1) is 13.7. The molecular formula is C21H19N3O3S. The molecule has 1 N–H and O–H groups in total. The second-order valence-corrected chi connectivity index (χ2v) is 7.50. The normalized spacial score (nSPS) is 16.4. The van der Waals surface area contributed by atoms with Crippen LogP contribution in [0.5, 0.6) is 0 Å². The Labute approximate surface area is 166 Å². The van der Waals surface area contributed by atoms with E-state index in [4.69, 9.17) is 4.42 Å². The molecule has 28 heavy (non-hydrogen) atoms. The number of thioether (sulfide) groups is 1. The van der Waals surface area contributed by atoms with Crippen LogP contribution in [-0.4, -0.2) is 27.5 Å². The molecule has 1 aliphatic heterocycles. The molecule has 1 aliphatic rings. The first kappa shape index (κ1) is 18.3. The Morgan fingerprint density at radius 3 is 2.79 bits per heavy atom. The maximum absolute atomic E-state index is 12.4. The molecule has 0 bridgehead atoms. The number of nitrogens with zero attached hydrogens (tertiary/aromatic N) is 2. The lowest BCUT2D eigenvalue weighted by Gasteiger charge is -2.23. The molecule has 0 aliphatic carbocycles. The average molecular weight is 393 g/mol. The lowest BCUT2D eigenvalue weighted by molar-refractivity contribution is -0.128. The van der Waals surface area contributed by atoms with Gasteiger partial charge >= 0.3 is 0 Å². The van der Waals surface area contributed by atoms with Crippen molar-refractivity contribution in [1.29, 1.82) is 0 Å². The molecule has 2 amide bonds. The summed E-state index contributed by atoms with van der Waals surface area (Å²) in [7, 11) is 0. The van der Waals surface area contributed by atoms with Gasteiger partial charge in [0, 0.05) is 24.5 Å². The highest BCUT2D eigenvalue weighted by Gasteiger charge is 2.33. The van der Waals surface area contributed by atoms with Crippen molar-refractivity contribution in [2.45, 2.75) is 18.5 Å². The molecule has 7 heteroatoms. The number of carbonyl (C=O) groups is 2. The van der Waals surface area contributed by atoms with Crippen LogP contribution in [0, 0.1) is 0 Å². The number of furan rings is 1. The maximum Gasteiger partial charge on any atom is 0.251 e. The number of aromatic nitrogens is 1. The minimum absolute atomic E-state index is 0.0786. The number of hydrogen-bond acceptors (Lipinski definition) is 5. The number of benzene rings is 1. The van der Waals surface area contributed by atoms with Gasteiger partial charge in [-0.2, -0.15) is 0 Å². The van der Waals surface area contributed by atoms with E-state index in [1.54, 1.807) is 47.5 Å². The molecule has 6 nitrogen and oxygen atoms in total. The van der Waals surface area contributed by atoms with Crippen molar-refractivity contribution in [1.82, 2.24) is 15.2 Å². The summed E-state index contributed by atoms with van der Waals surface area (Å²) in [5.41, 5.74) is 2.52. The fraction of sp³-hybridized carbons (Fsp3) is 0.190. The quantitative estimate of drug-likeness (QED) is 0.695. The molecule has 4 rings (SSSR count). The van der Waals surface area contributed by atoms with Gasteiger partial charge in [0.1, 0.15) is 11.1 Å². The second kappa shape index (κ2) is 8.31. The van der Waals surface area contributed by atoms with Crippen molar-refractivity contribution < 1.29 is 14.0 Å². The molecule has 0 saturated carbocycles. The van der Waals surface area contributed by atoms with E-state index in [1.807, 2.05) is 36.4 Å². The van der Waals surface area contributed by atoms with Gasteiger partial charge in [-0.3, -0.25) is 14.6 Å². The van der Waals surface area contributed by atoms with E-state index in [0.717, 1.165) is 16.9 Å². The Kier molecular flexibility index (Phi) is 5.43. The van der Waals surface area contributed by atoms with Crippen LogP contribution in [-0.2, 0) is 17.9 Å². The van der Waals surface area contributed by atoms with E-state index in [-0.39, 0.29) is 17.2 Å². The van der Waals surface area contributed by atoms with Gasteiger partial charge in [0.15, 0.2) is 0 Å². The lowest BCUT2D eigenvalue weighted by atomic mass is 10.1. The summed E-state index contributed by atoms with van der Waals surface area (Å²) in [6.45, 7) is 0.870. The molecule has 1 saturated heterocycles. The lowest BCUT2D eigenvalue weighted by Crippen LogP contribution is -2.27. The zero-order valence-electron chi connectivity index (χ0n) is 15.1. The Morgan fingerprint density at radius 2 is 2.07 bits per heavy atom. The number of hydrogen-bond donors (Lipinski definition) is 1. The van der Waals surface area contributed by atoms with Crippen LogP contribution < -0.4 is 5.32 Å². The Bertz CT molecular complexity index is 943. The average Bonchev–Trinajstić information content (AvgIpc) is 3.38. The van der Waals surface area contributed by atoms with Crippen LogP contribution in [0.3, 0.4) is 0 Å². The molecule has 0 spiro atoms. The Balaban J connectivity index is 1.42. The number of carbonyl (C=O) groups excluding carboxylic acids is 2. The van der Waals surface area contributed by atoms with Gasteiger partial charge in [-0.1, -0.05) is 18.2 Å². The van der Waals surface area contributed by atoms with Crippen molar-refractivity contribution in [2.24, 2.45) is 0 Å². The van der Waals surface area contributed by atoms with Crippen LogP contribution in [0.25, 0.3) is 0 Å². The monoisotopic (exact) mass is 393 g/mol. The number of amides is 2. The van der Waals surface area contributed by atoms with E-state index in [1.165, 1.54) is 0 Å². The SMILES string of the molecule is O=C(NCc1cccnc1)c1ccc([C@H]2SCC(=O)N2Cc2ccco2)cc1. The molecule has 2 aromatic heterocycles. The fourth-order valence-electron chi connectivity index (χ4n) is 3.06. The largest absolute Gasteiger partial charge is 0.467 e. The van der Waals surface area contributed by atoms with Crippen LogP contribution in [0.1, 0.15) is 32.6 Å². The highest BCUT2D eigenvalue weighted by Crippen LogP contribution is 2.39. The molecule has 1 fully saturated rings. The predicted molar refractivity (Wildman–Crippen MR) is 106 cm³/mol. The maximum atomic E-state index is 12.4. The first-order valence-electron chi connectivity index (χ1n) is 8.91. The van der Waals surface area contributed by atoms with Gasteiger partial charge < -0.3 is 14.6 Å². The molecule has 0 unspecified atom stereocenters. The van der Waals surface area contributed by atoms with Gasteiger partial charge in [-0.15, -0.1) is 11.8 Å². The summed E-state index contributed by atoms with van der Waals surface area (Å²) in [6, 6.07) is 14.8. The van der Waals surface area contributed by atoms with E-state index in [2.05, 4.69) is 10.3 Å². The highest BCUT2D eigenvalue weighted by molar-refractivity contribution is 8.00. The van der Waals surface area contributed by atoms with Gasteiger partial charge in [0.2, 0.25) is 5.91 Å². The number of pyridine rings is 1. The number of rotatable bonds is 6. The van der Waals surface area contributed by atoms with Gasteiger partial charge in [0.05, 0.1) is 18.6 Å². The summed E-state index contributed by atoms with van der Waals surface area (Å²) in [4.78, 5) is 30.5. The third kappa shape index (κ3) is 4.09. The van der Waals surface area contributed by atoms with E-state index in [0.29, 0.717) is 24.4 Å². The molecule has 142 valence electrons. The van der Waals surface area contributed by atoms with E-state index < -0.39 is 0 Å². The third-order valence-electron chi connectivity index (χ3n) is 4.51. The molecule has 0 radical (unpaired) electrons. The molecule has 1 atom stereocenters.